The van der Waals surface area contributed by atoms with Crippen molar-refractivity contribution in [2.24, 2.45) is 0 Å². The Bertz CT molecular complexity index is 834. The van der Waals surface area contributed by atoms with E-state index in [2.05, 4.69) is 4.98 Å². The number of pyridine rings is 1. The topological polar surface area (TPSA) is 97.9 Å². The molecule has 0 radical (unpaired) electrons. The lowest BCUT2D eigenvalue weighted by molar-refractivity contribution is -0.387. The van der Waals surface area contributed by atoms with Crippen molar-refractivity contribution in [2.45, 2.75) is 4.90 Å². The van der Waals surface area contributed by atoms with Gasteiger partial charge in [0.2, 0.25) is 10.0 Å². The predicted molar refractivity (Wildman–Crippen MR) is 87.1 cm³/mol. The lowest BCUT2D eigenvalue weighted by Gasteiger charge is -2.30. The van der Waals surface area contributed by atoms with Gasteiger partial charge in [-0.2, -0.15) is 4.31 Å². The maximum atomic E-state index is 12.8. The molecule has 1 aromatic heterocycles. The number of hydrogen-bond donors (Lipinski definition) is 0. The average Bonchev–Trinajstić information content (AvgIpc) is 2.62. The molecule has 9 heteroatoms. The van der Waals surface area contributed by atoms with Gasteiger partial charge < -0.3 is 0 Å². The first-order chi connectivity index (χ1) is 11.5. The van der Waals surface area contributed by atoms with Crippen LogP contribution < -0.4 is 9.88 Å². The van der Waals surface area contributed by atoms with Gasteiger partial charge >= 0.3 is 0 Å². The first-order valence-electron chi connectivity index (χ1n) is 7.45. The molecule has 0 amide bonds. The van der Waals surface area contributed by atoms with E-state index in [0.29, 0.717) is 13.1 Å². The van der Waals surface area contributed by atoms with E-state index in [0.717, 1.165) is 5.82 Å². The summed E-state index contributed by atoms with van der Waals surface area (Å²) in [4.78, 5) is 15.3. The zero-order chi connectivity index (χ0) is 17.2. The molecule has 1 N–H and O–H groups in total. The second-order valence-electron chi connectivity index (χ2n) is 5.36. The van der Waals surface area contributed by atoms with Crippen molar-refractivity contribution < 1.29 is 18.3 Å². The largest absolute Gasteiger partial charge is 0.289 e. The molecule has 8 nitrogen and oxygen atoms in total. The third-order valence-corrected chi connectivity index (χ3v) is 5.90. The predicted octanol–water partition coefficient (Wildman–Crippen LogP) is 0.920. The van der Waals surface area contributed by atoms with Crippen LogP contribution in [-0.2, 0) is 10.0 Å². The first-order valence-corrected chi connectivity index (χ1v) is 8.89. The van der Waals surface area contributed by atoms with Crippen molar-refractivity contribution >= 4 is 21.5 Å². The molecule has 0 unspecified atom stereocenters. The van der Waals surface area contributed by atoms with Crippen LogP contribution in [0.25, 0.3) is 0 Å². The van der Waals surface area contributed by atoms with Crippen LogP contribution in [0.1, 0.15) is 0 Å². The summed E-state index contributed by atoms with van der Waals surface area (Å²) in [6.45, 7) is 1.58. The van der Waals surface area contributed by atoms with Crippen molar-refractivity contribution in [3.8, 4) is 0 Å². The van der Waals surface area contributed by atoms with E-state index < -0.39 is 20.6 Å². The average molecular weight is 349 g/mol. The summed E-state index contributed by atoms with van der Waals surface area (Å²) in [5.41, 5.74) is -0.392. The Hall–Kier alpha value is -2.52. The Labute approximate surface area is 139 Å². The number of nitrogens with zero attached hydrogens (tertiary/aromatic N) is 3. The Kier molecular flexibility index (Phi) is 4.45. The number of sulfonamides is 1. The molecule has 0 bridgehead atoms. The number of aromatic nitrogens is 1. The molecule has 0 atom stereocenters. The van der Waals surface area contributed by atoms with E-state index in [1.54, 1.807) is 0 Å². The lowest BCUT2D eigenvalue weighted by Crippen LogP contribution is -2.49. The first kappa shape index (κ1) is 16.3. The Morgan fingerprint density at radius 1 is 1.00 bits per heavy atom. The van der Waals surface area contributed by atoms with Gasteiger partial charge in [-0.15, -0.1) is 0 Å². The molecule has 1 aliphatic rings. The number of aromatic amines is 1. The number of benzene rings is 1. The number of anilines is 1. The van der Waals surface area contributed by atoms with Crippen LogP contribution in [0.15, 0.2) is 53.6 Å². The lowest BCUT2D eigenvalue weighted by atomic mass is 10.3. The zero-order valence-electron chi connectivity index (χ0n) is 12.8. The van der Waals surface area contributed by atoms with Crippen LogP contribution in [0, 0.1) is 10.1 Å². The number of rotatable bonds is 4. The summed E-state index contributed by atoms with van der Waals surface area (Å²) >= 11 is 0. The summed E-state index contributed by atoms with van der Waals surface area (Å²) < 4.78 is 26.8. The molecule has 1 saturated heterocycles. The Morgan fingerprint density at radius 2 is 1.67 bits per heavy atom. The van der Waals surface area contributed by atoms with E-state index in [4.69, 9.17) is 0 Å². The number of piperazine rings is 1. The summed E-state index contributed by atoms with van der Waals surface area (Å²) in [7, 11) is -3.89. The highest BCUT2D eigenvalue weighted by molar-refractivity contribution is 7.89. The number of para-hydroxylation sites is 1. The van der Waals surface area contributed by atoms with E-state index in [9.17, 15) is 18.5 Å². The maximum absolute atomic E-state index is 12.8. The van der Waals surface area contributed by atoms with E-state index in [1.165, 1.54) is 28.6 Å². The fourth-order valence-corrected chi connectivity index (χ4v) is 4.29. The molecular weight excluding hydrogens is 332 g/mol. The molecule has 3 rings (SSSR count). The number of hydrogen-bond acceptors (Lipinski definition) is 5. The molecule has 0 aliphatic carbocycles. The fraction of sp³-hybridized carbons (Fsp3) is 0.267. The van der Waals surface area contributed by atoms with Gasteiger partial charge in [-0.25, -0.2) is 13.4 Å². The third-order valence-electron chi connectivity index (χ3n) is 3.95. The minimum atomic E-state index is -3.89. The molecule has 126 valence electrons. The van der Waals surface area contributed by atoms with E-state index >= 15 is 0 Å². The molecular formula is C15H17N4O4S+. The van der Waals surface area contributed by atoms with Crippen molar-refractivity contribution in [3.63, 3.8) is 0 Å². The van der Waals surface area contributed by atoms with Gasteiger partial charge in [0, 0.05) is 12.1 Å². The van der Waals surface area contributed by atoms with Crippen molar-refractivity contribution in [3.05, 3.63) is 58.8 Å². The van der Waals surface area contributed by atoms with Crippen molar-refractivity contribution in [1.29, 1.82) is 0 Å². The normalized spacial score (nSPS) is 16.1. The van der Waals surface area contributed by atoms with E-state index in [-0.39, 0.29) is 18.0 Å². The molecule has 2 aromatic rings. The summed E-state index contributed by atoms with van der Waals surface area (Å²) in [5.74, 6) is 0.917. The smallest absolute Gasteiger partial charge is 0.259 e. The number of nitro groups is 1. The number of nitrogens with one attached hydrogen (secondary N) is 1. The second kappa shape index (κ2) is 6.54. The Balaban J connectivity index is 1.80. The summed E-state index contributed by atoms with van der Waals surface area (Å²) in [6, 6.07) is 11.1. The van der Waals surface area contributed by atoms with Gasteiger partial charge in [0.1, 0.15) is 0 Å². The molecule has 1 aliphatic heterocycles. The minimum absolute atomic E-state index is 0.255. The quantitative estimate of drug-likeness (QED) is 0.604. The highest BCUT2D eigenvalue weighted by atomic mass is 32.2. The Morgan fingerprint density at radius 3 is 2.29 bits per heavy atom. The van der Waals surface area contributed by atoms with Crippen LogP contribution >= 0.6 is 0 Å². The van der Waals surface area contributed by atoms with Crippen LogP contribution in [0.2, 0.25) is 0 Å². The molecule has 1 fully saturated rings. The fourth-order valence-electron chi connectivity index (χ4n) is 2.72. The van der Waals surface area contributed by atoms with Gasteiger partial charge in [0.25, 0.3) is 11.5 Å². The standard InChI is InChI=1S/C15H16N4O4S/c20-19(21)13-5-1-2-6-14(13)24(22,23)18-11-9-17(10-12-18)15-7-3-4-8-16-15/h1-8H,9-12H2/p+1. The monoisotopic (exact) mass is 349 g/mol. The van der Waals surface area contributed by atoms with Crippen molar-refractivity contribution in [1.82, 2.24) is 4.31 Å². The summed E-state index contributed by atoms with van der Waals surface area (Å²) in [6.07, 6.45) is 1.81. The highest BCUT2D eigenvalue weighted by Crippen LogP contribution is 2.27. The van der Waals surface area contributed by atoms with Crippen LogP contribution in [0.5, 0.6) is 0 Å². The van der Waals surface area contributed by atoms with Gasteiger partial charge in [0.15, 0.2) is 4.90 Å². The van der Waals surface area contributed by atoms with E-state index in [1.807, 2.05) is 29.3 Å². The van der Waals surface area contributed by atoms with Crippen LogP contribution in [-0.4, -0.2) is 43.8 Å². The van der Waals surface area contributed by atoms with Crippen LogP contribution in [0.3, 0.4) is 0 Å². The summed E-state index contributed by atoms with van der Waals surface area (Å²) in [5, 5.41) is 11.1. The minimum Gasteiger partial charge on any atom is -0.259 e. The third kappa shape index (κ3) is 3.08. The number of nitro benzene ring substituents is 1. The molecule has 24 heavy (non-hydrogen) atoms. The second-order valence-corrected chi connectivity index (χ2v) is 7.27. The highest BCUT2D eigenvalue weighted by Gasteiger charge is 2.35. The van der Waals surface area contributed by atoms with Crippen molar-refractivity contribution in [2.75, 3.05) is 31.1 Å². The molecule has 2 heterocycles. The van der Waals surface area contributed by atoms with Gasteiger partial charge in [-0.1, -0.05) is 18.2 Å². The van der Waals surface area contributed by atoms with Gasteiger partial charge in [-0.05, 0) is 12.1 Å². The SMILES string of the molecule is O=[N+]([O-])c1ccccc1S(=O)(=O)N1CCN(c2cccc[nH+]2)CC1. The number of H-pyrrole nitrogens is 1. The van der Waals surface area contributed by atoms with Gasteiger partial charge in [0.05, 0.1) is 37.3 Å². The van der Waals surface area contributed by atoms with Gasteiger partial charge in [-0.3, -0.25) is 15.0 Å². The molecule has 0 spiro atoms. The van der Waals surface area contributed by atoms with Crippen LogP contribution in [0.4, 0.5) is 11.5 Å². The molecule has 1 aromatic carbocycles. The maximum Gasteiger partial charge on any atom is 0.289 e. The zero-order valence-corrected chi connectivity index (χ0v) is 13.6. The molecule has 0 saturated carbocycles.